The highest BCUT2D eigenvalue weighted by molar-refractivity contribution is 4.92. The van der Waals surface area contributed by atoms with Gasteiger partial charge in [-0.2, -0.15) is 0 Å². The van der Waals surface area contributed by atoms with Gasteiger partial charge in [0.1, 0.15) is 0 Å². The second-order valence-corrected chi connectivity index (χ2v) is 6.95. The van der Waals surface area contributed by atoms with Gasteiger partial charge in [0.25, 0.3) is 0 Å². The van der Waals surface area contributed by atoms with Crippen molar-refractivity contribution in [2.75, 3.05) is 19.6 Å². The summed E-state index contributed by atoms with van der Waals surface area (Å²) in [5.74, 6) is 0.871. The molecule has 0 radical (unpaired) electrons. The highest BCUT2D eigenvalue weighted by Crippen LogP contribution is 2.32. The SMILES string of the molecule is CC1CCCN(CC2NCCCC2(C)C)C1C. The largest absolute Gasteiger partial charge is 0.312 e. The van der Waals surface area contributed by atoms with Crippen LogP contribution in [-0.4, -0.2) is 36.6 Å². The van der Waals surface area contributed by atoms with Crippen LogP contribution in [0.3, 0.4) is 0 Å². The van der Waals surface area contributed by atoms with E-state index in [1.54, 1.807) is 0 Å². The van der Waals surface area contributed by atoms with E-state index in [9.17, 15) is 0 Å². The Kier molecular flexibility index (Phi) is 4.14. The van der Waals surface area contributed by atoms with Crippen LogP contribution in [0.15, 0.2) is 0 Å². The summed E-state index contributed by atoms with van der Waals surface area (Å²) >= 11 is 0. The lowest BCUT2D eigenvalue weighted by Gasteiger charge is -2.46. The van der Waals surface area contributed by atoms with Crippen LogP contribution in [0.5, 0.6) is 0 Å². The molecule has 2 aliphatic heterocycles. The van der Waals surface area contributed by atoms with Crippen molar-refractivity contribution in [3.63, 3.8) is 0 Å². The zero-order valence-corrected chi connectivity index (χ0v) is 12.1. The molecule has 0 spiro atoms. The molecule has 2 saturated heterocycles. The molecule has 0 aliphatic carbocycles. The molecule has 100 valence electrons. The van der Waals surface area contributed by atoms with Crippen molar-refractivity contribution in [3.8, 4) is 0 Å². The van der Waals surface area contributed by atoms with Crippen molar-refractivity contribution in [1.29, 1.82) is 0 Å². The highest BCUT2D eigenvalue weighted by atomic mass is 15.2. The summed E-state index contributed by atoms with van der Waals surface area (Å²) in [5, 5.41) is 3.75. The normalized spacial score (nSPS) is 39.2. The van der Waals surface area contributed by atoms with Crippen LogP contribution in [-0.2, 0) is 0 Å². The first kappa shape index (κ1) is 13.4. The molecule has 1 N–H and O–H groups in total. The molecule has 2 aliphatic rings. The molecule has 3 unspecified atom stereocenters. The van der Waals surface area contributed by atoms with Crippen LogP contribution in [0.4, 0.5) is 0 Å². The van der Waals surface area contributed by atoms with Gasteiger partial charge in [0.2, 0.25) is 0 Å². The summed E-state index contributed by atoms with van der Waals surface area (Å²) in [6, 6.07) is 1.45. The lowest BCUT2D eigenvalue weighted by atomic mass is 9.77. The topological polar surface area (TPSA) is 15.3 Å². The Morgan fingerprint density at radius 1 is 1.24 bits per heavy atom. The zero-order valence-electron chi connectivity index (χ0n) is 12.1. The lowest BCUT2D eigenvalue weighted by Crippen LogP contribution is -2.56. The molecule has 0 aromatic rings. The van der Waals surface area contributed by atoms with Crippen LogP contribution < -0.4 is 5.32 Å². The lowest BCUT2D eigenvalue weighted by molar-refractivity contribution is 0.0637. The second kappa shape index (κ2) is 5.27. The fraction of sp³-hybridized carbons (Fsp3) is 1.00. The van der Waals surface area contributed by atoms with Crippen LogP contribution >= 0.6 is 0 Å². The van der Waals surface area contributed by atoms with E-state index in [-0.39, 0.29) is 0 Å². The van der Waals surface area contributed by atoms with E-state index < -0.39 is 0 Å². The van der Waals surface area contributed by atoms with Crippen molar-refractivity contribution in [1.82, 2.24) is 10.2 Å². The van der Waals surface area contributed by atoms with E-state index in [0.29, 0.717) is 11.5 Å². The van der Waals surface area contributed by atoms with E-state index >= 15 is 0 Å². The fourth-order valence-electron chi connectivity index (χ4n) is 3.50. The average molecular weight is 238 g/mol. The Morgan fingerprint density at radius 2 is 2.00 bits per heavy atom. The Balaban J connectivity index is 1.95. The maximum absolute atomic E-state index is 3.75. The van der Waals surface area contributed by atoms with Crippen LogP contribution in [0.1, 0.15) is 53.4 Å². The van der Waals surface area contributed by atoms with E-state index in [0.717, 1.165) is 12.0 Å². The molecule has 17 heavy (non-hydrogen) atoms. The van der Waals surface area contributed by atoms with E-state index in [4.69, 9.17) is 0 Å². The molecular formula is C15H30N2. The Hall–Kier alpha value is -0.0800. The minimum Gasteiger partial charge on any atom is -0.312 e. The highest BCUT2D eigenvalue weighted by Gasteiger charge is 2.35. The number of rotatable bonds is 2. The predicted molar refractivity (Wildman–Crippen MR) is 74.2 cm³/mol. The maximum Gasteiger partial charge on any atom is 0.0246 e. The molecule has 2 nitrogen and oxygen atoms in total. The summed E-state index contributed by atoms with van der Waals surface area (Å²) < 4.78 is 0. The van der Waals surface area contributed by atoms with Gasteiger partial charge in [-0.3, -0.25) is 4.90 Å². The van der Waals surface area contributed by atoms with Gasteiger partial charge in [0, 0.05) is 18.6 Å². The van der Waals surface area contributed by atoms with Crippen molar-refractivity contribution in [2.45, 2.75) is 65.5 Å². The zero-order chi connectivity index (χ0) is 12.5. The van der Waals surface area contributed by atoms with Gasteiger partial charge in [0.05, 0.1) is 0 Å². The smallest absolute Gasteiger partial charge is 0.0246 e. The van der Waals surface area contributed by atoms with Gasteiger partial charge in [-0.1, -0.05) is 20.8 Å². The minimum absolute atomic E-state index is 0.471. The molecule has 2 fully saturated rings. The van der Waals surface area contributed by atoms with Crippen LogP contribution in [0.25, 0.3) is 0 Å². The summed E-state index contributed by atoms with van der Waals surface area (Å²) in [6.07, 6.45) is 5.52. The first-order valence-electron chi connectivity index (χ1n) is 7.48. The molecule has 0 aromatic carbocycles. The van der Waals surface area contributed by atoms with Crippen LogP contribution in [0.2, 0.25) is 0 Å². The van der Waals surface area contributed by atoms with Gasteiger partial charge in [0.15, 0.2) is 0 Å². The van der Waals surface area contributed by atoms with E-state index in [1.165, 1.54) is 45.3 Å². The third-order valence-corrected chi connectivity index (χ3v) is 5.25. The van der Waals surface area contributed by atoms with Gasteiger partial charge in [-0.25, -0.2) is 0 Å². The molecule has 2 heteroatoms. The van der Waals surface area contributed by atoms with Crippen LogP contribution in [0, 0.1) is 11.3 Å². The van der Waals surface area contributed by atoms with Gasteiger partial charge >= 0.3 is 0 Å². The second-order valence-electron chi connectivity index (χ2n) is 6.95. The minimum atomic E-state index is 0.471. The van der Waals surface area contributed by atoms with Gasteiger partial charge in [-0.15, -0.1) is 0 Å². The maximum atomic E-state index is 3.75. The van der Waals surface area contributed by atoms with Gasteiger partial charge < -0.3 is 5.32 Å². The van der Waals surface area contributed by atoms with Crippen molar-refractivity contribution in [2.24, 2.45) is 11.3 Å². The molecule has 3 atom stereocenters. The number of nitrogens with one attached hydrogen (secondary N) is 1. The van der Waals surface area contributed by atoms with Gasteiger partial charge in [-0.05, 0) is 57.0 Å². The molecule has 2 rings (SSSR count). The number of hydrogen-bond acceptors (Lipinski definition) is 2. The summed E-state index contributed by atoms with van der Waals surface area (Å²) in [5.41, 5.74) is 0.471. The number of nitrogens with zero attached hydrogens (tertiary/aromatic N) is 1. The summed E-state index contributed by atoms with van der Waals surface area (Å²) in [6.45, 7) is 13.5. The van der Waals surface area contributed by atoms with Crippen molar-refractivity contribution >= 4 is 0 Å². The Labute approximate surface area is 107 Å². The monoisotopic (exact) mass is 238 g/mol. The number of likely N-dealkylation sites (tertiary alicyclic amines) is 1. The quantitative estimate of drug-likeness (QED) is 0.796. The first-order valence-corrected chi connectivity index (χ1v) is 7.48. The Bertz CT molecular complexity index is 249. The third kappa shape index (κ3) is 3.03. The molecule has 0 aromatic heterocycles. The third-order valence-electron chi connectivity index (χ3n) is 5.25. The number of piperidine rings is 2. The molecule has 0 amide bonds. The summed E-state index contributed by atoms with van der Waals surface area (Å²) in [7, 11) is 0. The molecular weight excluding hydrogens is 208 g/mol. The van der Waals surface area contributed by atoms with E-state index in [2.05, 4.69) is 37.9 Å². The first-order chi connectivity index (χ1) is 8.00. The standard InChI is InChI=1S/C15H30N2/c1-12-7-5-10-17(13(12)2)11-14-15(3,4)8-6-9-16-14/h12-14,16H,5-11H2,1-4H3. The average Bonchev–Trinajstić information content (AvgIpc) is 2.27. The number of hydrogen-bond donors (Lipinski definition) is 1. The van der Waals surface area contributed by atoms with Crippen molar-refractivity contribution < 1.29 is 0 Å². The Morgan fingerprint density at radius 3 is 2.71 bits per heavy atom. The predicted octanol–water partition coefficient (Wildman–Crippen LogP) is 2.89. The van der Waals surface area contributed by atoms with E-state index in [1.807, 2.05) is 0 Å². The molecule has 0 bridgehead atoms. The van der Waals surface area contributed by atoms with Crippen molar-refractivity contribution in [3.05, 3.63) is 0 Å². The summed E-state index contributed by atoms with van der Waals surface area (Å²) in [4.78, 5) is 2.72. The molecule has 0 saturated carbocycles. The fourth-order valence-corrected chi connectivity index (χ4v) is 3.50. The molecule has 2 heterocycles.